The number of nitrogens with zero attached hydrogens (tertiary/aromatic N) is 1. The van der Waals surface area contributed by atoms with Crippen LogP contribution in [-0.2, 0) is 19.6 Å². The Labute approximate surface area is 138 Å². The lowest BCUT2D eigenvalue weighted by molar-refractivity contribution is -0.134. The molecule has 0 fully saturated rings. The Balaban J connectivity index is 2.90. The van der Waals surface area contributed by atoms with Crippen molar-refractivity contribution in [3.05, 3.63) is 42.0 Å². The molecule has 0 amide bonds. The number of carbonyl (C=O) groups excluding carboxylic acids is 1. The van der Waals surface area contributed by atoms with Crippen LogP contribution in [0.4, 0.5) is 0 Å². The maximum atomic E-state index is 12.7. The van der Waals surface area contributed by atoms with Crippen molar-refractivity contribution in [3.8, 4) is 11.8 Å². The van der Waals surface area contributed by atoms with Crippen molar-refractivity contribution in [1.29, 1.82) is 0 Å². The monoisotopic (exact) mass is 335 g/mol. The van der Waals surface area contributed by atoms with Crippen molar-refractivity contribution in [3.63, 3.8) is 0 Å². The van der Waals surface area contributed by atoms with Gasteiger partial charge in [0, 0.05) is 12.6 Å². The molecule has 124 valence electrons. The Morgan fingerprint density at radius 2 is 1.96 bits per heavy atom. The van der Waals surface area contributed by atoms with E-state index in [1.165, 1.54) is 17.5 Å². The molecule has 0 atom stereocenters. The Morgan fingerprint density at radius 3 is 2.52 bits per heavy atom. The van der Waals surface area contributed by atoms with Crippen molar-refractivity contribution in [2.75, 3.05) is 20.2 Å². The Kier molecular flexibility index (Phi) is 7.52. The highest BCUT2D eigenvalue weighted by atomic mass is 32.2. The second kappa shape index (κ2) is 9.13. The van der Waals surface area contributed by atoms with Crippen LogP contribution in [0.5, 0.6) is 0 Å². The van der Waals surface area contributed by atoms with Gasteiger partial charge in [0.05, 0.1) is 18.6 Å². The molecule has 1 rings (SSSR count). The molecule has 0 aliphatic carbocycles. The standard InChI is InChI=1S/C17H21NO4S/c1-4-5-13-18(14-7-6-8-17(19)22-3)23(20,21)16-11-9-15(2)10-12-16/h6,8-12H,7,13-14H2,1-3H3/b8-6+. The second-order valence-corrected chi connectivity index (χ2v) is 6.73. The molecule has 0 saturated carbocycles. The first kappa shape index (κ1) is 18.9. The molecule has 23 heavy (non-hydrogen) atoms. The third-order valence-electron chi connectivity index (χ3n) is 3.09. The summed E-state index contributed by atoms with van der Waals surface area (Å²) in [6.07, 6.45) is 3.26. The zero-order valence-corrected chi connectivity index (χ0v) is 14.4. The van der Waals surface area contributed by atoms with Crippen molar-refractivity contribution >= 4 is 16.0 Å². The highest BCUT2D eigenvalue weighted by Gasteiger charge is 2.22. The minimum Gasteiger partial charge on any atom is -0.466 e. The highest BCUT2D eigenvalue weighted by molar-refractivity contribution is 7.89. The molecular formula is C17H21NO4S. The van der Waals surface area contributed by atoms with E-state index >= 15 is 0 Å². The lowest BCUT2D eigenvalue weighted by atomic mass is 10.2. The third kappa shape index (κ3) is 5.89. The van der Waals surface area contributed by atoms with Crippen LogP contribution in [0.25, 0.3) is 0 Å². The number of sulfonamides is 1. The SMILES string of the molecule is CC#CCN(CC/C=C/C(=O)OC)S(=O)(=O)c1ccc(C)cc1. The van der Waals surface area contributed by atoms with Crippen LogP contribution in [-0.4, -0.2) is 38.9 Å². The van der Waals surface area contributed by atoms with Crippen LogP contribution < -0.4 is 0 Å². The predicted octanol–water partition coefficient (Wildman–Crippen LogP) is 2.13. The number of carbonyl (C=O) groups is 1. The molecular weight excluding hydrogens is 314 g/mol. The van der Waals surface area contributed by atoms with E-state index in [2.05, 4.69) is 16.6 Å². The normalized spacial score (nSPS) is 11.3. The number of aryl methyl sites for hydroxylation is 1. The zero-order chi connectivity index (χ0) is 17.3. The minimum atomic E-state index is -3.62. The fraction of sp³-hybridized carbons (Fsp3) is 0.353. The summed E-state index contributed by atoms with van der Waals surface area (Å²) in [6, 6.07) is 6.68. The summed E-state index contributed by atoms with van der Waals surface area (Å²) in [4.78, 5) is 11.2. The van der Waals surface area contributed by atoms with Crippen LogP contribution in [0.15, 0.2) is 41.3 Å². The van der Waals surface area contributed by atoms with Gasteiger partial charge in [-0.05, 0) is 32.4 Å². The average Bonchev–Trinajstić information content (AvgIpc) is 2.54. The fourth-order valence-corrected chi connectivity index (χ4v) is 3.14. The number of hydrogen-bond acceptors (Lipinski definition) is 4. The van der Waals surface area contributed by atoms with Gasteiger partial charge in [0.1, 0.15) is 0 Å². The quantitative estimate of drug-likeness (QED) is 0.435. The van der Waals surface area contributed by atoms with Gasteiger partial charge in [0.25, 0.3) is 0 Å². The summed E-state index contributed by atoms with van der Waals surface area (Å²) in [7, 11) is -2.33. The summed E-state index contributed by atoms with van der Waals surface area (Å²) < 4.78 is 31.1. The number of benzene rings is 1. The molecule has 1 aromatic carbocycles. The van der Waals surface area contributed by atoms with E-state index in [0.717, 1.165) is 5.56 Å². The van der Waals surface area contributed by atoms with Gasteiger partial charge in [0.15, 0.2) is 0 Å². The van der Waals surface area contributed by atoms with E-state index in [-0.39, 0.29) is 18.0 Å². The van der Waals surface area contributed by atoms with Gasteiger partial charge >= 0.3 is 5.97 Å². The third-order valence-corrected chi connectivity index (χ3v) is 4.95. The van der Waals surface area contributed by atoms with Crippen LogP contribution in [0.1, 0.15) is 18.9 Å². The molecule has 0 aliphatic rings. The Hall–Kier alpha value is -2.10. The first-order chi connectivity index (χ1) is 10.9. The molecule has 0 unspecified atom stereocenters. The Bertz CT molecular complexity index is 709. The maximum absolute atomic E-state index is 12.7. The van der Waals surface area contributed by atoms with Gasteiger partial charge in [-0.15, -0.1) is 5.92 Å². The zero-order valence-electron chi connectivity index (χ0n) is 13.6. The molecule has 0 spiro atoms. The van der Waals surface area contributed by atoms with Crippen molar-refractivity contribution < 1.29 is 17.9 Å². The van der Waals surface area contributed by atoms with E-state index in [0.29, 0.717) is 6.42 Å². The van der Waals surface area contributed by atoms with Crippen molar-refractivity contribution in [1.82, 2.24) is 4.31 Å². The smallest absolute Gasteiger partial charge is 0.330 e. The summed E-state index contributed by atoms with van der Waals surface area (Å²) in [5, 5.41) is 0. The number of methoxy groups -OCH3 is 1. The first-order valence-electron chi connectivity index (χ1n) is 7.12. The van der Waals surface area contributed by atoms with Crippen molar-refractivity contribution in [2.24, 2.45) is 0 Å². The van der Waals surface area contributed by atoms with E-state index in [9.17, 15) is 13.2 Å². The van der Waals surface area contributed by atoms with Gasteiger partial charge in [-0.1, -0.05) is 29.7 Å². The summed E-state index contributed by atoms with van der Waals surface area (Å²) in [5.74, 6) is 5.01. The molecule has 5 nitrogen and oxygen atoms in total. The van der Waals surface area contributed by atoms with Crippen LogP contribution in [0.3, 0.4) is 0 Å². The van der Waals surface area contributed by atoms with E-state index in [4.69, 9.17) is 0 Å². The predicted molar refractivity (Wildman–Crippen MR) is 89.2 cm³/mol. The largest absolute Gasteiger partial charge is 0.466 e. The van der Waals surface area contributed by atoms with Gasteiger partial charge in [-0.25, -0.2) is 13.2 Å². The minimum absolute atomic E-state index is 0.110. The molecule has 6 heteroatoms. The van der Waals surface area contributed by atoms with E-state index in [1.54, 1.807) is 37.3 Å². The van der Waals surface area contributed by atoms with Gasteiger partial charge < -0.3 is 4.74 Å². The lowest BCUT2D eigenvalue weighted by Crippen LogP contribution is -2.32. The summed E-state index contributed by atoms with van der Waals surface area (Å²) in [6.45, 7) is 3.90. The first-order valence-corrected chi connectivity index (χ1v) is 8.56. The topological polar surface area (TPSA) is 63.7 Å². The molecule has 0 saturated heterocycles. The molecule has 0 bridgehead atoms. The maximum Gasteiger partial charge on any atom is 0.330 e. The molecule has 0 radical (unpaired) electrons. The van der Waals surface area contributed by atoms with Crippen LogP contribution >= 0.6 is 0 Å². The van der Waals surface area contributed by atoms with E-state index in [1.807, 2.05) is 6.92 Å². The van der Waals surface area contributed by atoms with Gasteiger partial charge in [-0.3, -0.25) is 0 Å². The average molecular weight is 335 g/mol. The summed E-state index contributed by atoms with van der Waals surface area (Å²) in [5.41, 5.74) is 0.991. The number of ether oxygens (including phenoxy) is 1. The number of esters is 1. The molecule has 0 N–H and O–H groups in total. The second-order valence-electron chi connectivity index (χ2n) is 4.79. The molecule has 0 heterocycles. The molecule has 0 aromatic heterocycles. The lowest BCUT2D eigenvalue weighted by Gasteiger charge is -2.19. The van der Waals surface area contributed by atoms with Crippen LogP contribution in [0.2, 0.25) is 0 Å². The number of rotatable bonds is 7. The molecule has 1 aromatic rings. The van der Waals surface area contributed by atoms with Gasteiger partial charge in [-0.2, -0.15) is 4.31 Å². The highest BCUT2D eigenvalue weighted by Crippen LogP contribution is 2.16. The summed E-state index contributed by atoms with van der Waals surface area (Å²) >= 11 is 0. The number of hydrogen-bond donors (Lipinski definition) is 0. The molecule has 0 aliphatic heterocycles. The van der Waals surface area contributed by atoms with Crippen LogP contribution in [0, 0.1) is 18.8 Å². The fourth-order valence-electron chi connectivity index (χ4n) is 1.78. The Morgan fingerprint density at radius 1 is 1.30 bits per heavy atom. The van der Waals surface area contributed by atoms with Crippen molar-refractivity contribution in [2.45, 2.75) is 25.2 Å². The van der Waals surface area contributed by atoms with Gasteiger partial charge in [0.2, 0.25) is 10.0 Å². The van der Waals surface area contributed by atoms with E-state index < -0.39 is 16.0 Å².